The van der Waals surface area contributed by atoms with E-state index >= 15 is 0 Å². The Morgan fingerprint density at radius 1 is 1.38 bits per heavy atom. The van der Waals surface area contributed by atoms with Crippen LogP contribution in [0.5, 0.6) is 0 Å². The van der Waals surface area contributed by atoms with Crippen molar-refractivity contribution in [1.82, 2.24) is 4.72 Å². The summed E-state index contributed by atoms with van der Waals surface area (Å²) in [5, 5.41) is 1.88. The second kappa shape index (κ2) is 6.08. The van der Waals surface area contributed by atoms with Crippen molar-refractivity contribution in [2.45, 2.75) is 24.3 Å². The summed E-state index contributed by atoms with van der Waals surface area (Å²) in [6, 6.07) is 4.91. The fraction of sp³-hybridized carbons (Fsp3) is 0.231. The largest absolute Gasteiger partial charge is 0.399 e. The molecule has 2 aromatic rings. The lowest BCUT2D eigenvalue weighted by Crippen LogP contribution is -2.34. The normalized spacial score (nSPS) is 13.3. The second-order valence-corrected chi connectivity index (χ2v) is 7.34. The van der Waals surface area contributed by atoms with E-state index in [0.717, 1.165) is 17.0 Å². The standard InChI is InChI=1S/C13H14F2N2O2S2/c1-8(5-10-3-2-4-20-10)17-21(18,19)12-7-9(16)6-11(14)13(12)15/h2-4,6-8,17H,5,16H2,1H3. The summed E-state index contributed by atoms with van der Waals surface area (Å²) in [6.45, 7) is 1.65. The van der Waals surface area contributed by atoms with E-state index in [1.807, 2.05) is 17.5 Å². The molecule has 0 saturated heterocycles. The van der Waals surface area contributed by atoms with Crippen LogP contribution in [-0.4, -0.2) is 14.5 Å². The first-order chi connectivity index (χ1) is 9.79. The summed E-state index contributed by atoms with van der Waals surface area (Å²) in [7, 11) is -4.18. The molecule has 0 amide bonds. The van der Waals surface area contributed by atoms with Crippen LogP contribution >= 0.6 is 11.3 Å². The molecule has 0 saturated carbocycles. The van der Waals surface area contributed by atoms with Gasteiger partial charge >= 0.3 is 0 Å². The van der Waals surface area contributed by atoms with Crippen LogP contribution in [0.3, 0.4) is 0 Å². The highest BCUT2D eigenvalue weighted by Crippen LogP contribution is 2.21. The minimum absolute atomic E-state index is 0.153. The summed E-state index contributed by atoms with van der Waals surface area (Å²) in [5.41, 5.74) is 5.22. The molecule has 4 nitrogen and oxygen atoms in total. The lowest BCUT2D eigenvalue weighted by atomic mass is 10.2. The van der Waals surface area contributed by atoms with Gasteiger partial charge in [-0.3, -0.25) is 0 Å². The molecule has 0 spiro atoms. The highest BCUT2D eigenvalue weighted by Gasteiger charge is 2.24. The van der Waals surface area contributed by atoms with E-state index in [0.29, 0.717) is 6.42 Å². The maximum absolute atomic E-state index is 13.7. The van der Waals surface area contributed by atoms with Crippen molar-refractivity contribution in [3.05, 3.63) is 46.2 Å². The number of halogens is 2. The molecule has 0 bridgehead atoms. The van der Waals surface area contributed by atoms with E-state index in [9.17, 15) is 17.2 Å². The maximum atomic E-state index is 13.7. The van der Waals surface area contributed by atoms with Gasteiger partial charge in [0.1, 0.15) is 4.90 Å². The number of nitrogens with two attached hydrogens (primary N) is 1. The summed E-state index contributed by atoms with van der Waals surface area (Å²) in [5.74, 6) is -2.72. The fourth-order valence-electron chi connectivity index (χ4n) is 1.88. The van der Waals surface area contributed by atoms with Crippen molar-refractivity contribution in [3.8, 4) is 0 Å². The zero-order chi connectivity index (χ0) is 15.6. The van der Waals surface area contributed by atoms with Gasteiger partial charge in [0, 0.05) is 16.6 Å². The topological polar surface area (TPSA) is 72.2 Å². The van der Waals surface area contributed by atoms with Crippen LogP contribution in [0.4, 0.5) is 14.5 Å². The number of hydrogen-bond acceptors (Lipinski definition) is 4. The SMILES string of the molecule is CC(Cc1cccs1)NS(=O)(=O)c1cc(N)cc(F)c1F. The zero-order valence-corrected chi connectivity index (χ0v) is 12.8. The molecule has 0 fully saturated rings. The number of anilines is 1. The maximum Gasteiger partial charge on any atom is 0.243 e. The molecule has 1 aromatic carbocycles. The molecular weight excluding hydrogens is 318 g/mol. The van der Waals surface area contributed by atoms with Gasteiger partial charge < -0.3 is 5.73 Å². The highest BCUT2D eigenvalue weighted by atomic mass is 32.2. The van der Waals surface area contributed by atoms with Gasteiger partial charge in [0.25, 0.3) is 0 Å². The van der Waals surface area contributed by atoms with Crippen LogP contribution in [0.1, 0.15) is 11.8 Å². The van der Waals surface area contributed by atoms with Crippen LogP contribution in [-0.2, 0) is 16.4 Å². The van der Waals surface area contributed by atoms with Gasteiger partial charge in [0.2, 0.25) is 10.0 Å². The van der Waals surface area contributed by atoms with Crippen molar-refractivity contribution < 1.29 is 17.2 Å². The Morgan fingerprint density at radius 3 is 2.71 bits per heavy atom. The quantitative estimate of drug-likeness (QED) is 0.827. The molecule has 1 heterocycles. The smallest absolute Gasteiger partial charge is 0.243 e. The van der Waals surface area contributed by atoms with E-state index in [4.69, 9.17) is 5.73 Å². The van der Waals surface area contributed by atoms with E-state index in [1.165, 1.54) is 11.3 Å². The highest BCUT2D eigenvalue weighted by molar-refractivity contribution is 7.89. The first-order valence-electron chi connectivity index (χ1n) is 6.09. The minimum Gasteiger partial charge on any atom is -0.399 e. The molecule has 0 aliphatic rings. The van der Waals surface area contributed by atoms with Gasteiger partial charge in [-0.2, -0.15) is 0 Å². The third-order valence-electron chi connectivity index (χ3n) is 2.75. The summed E-state index contributed by atoms with van der Waals surface area (Å²) in [4.78, 5) is 0.211. The Balaban J connectivity index is 2.22. The van der Waals surface area contributed by atoms with Crippen molar-refractivity contribution in [2.24, 2.45) is 0 Å². The predicted molar refractivity (Wildman–Crippen MR) is 78.6 cm³/mol. The molecule has 3 N–H and O–H groups in total. The number of thiophene rings is 1. The first kappa shape index (κ1) is 15.9. The van der Waals surface area contributed by atoms with E-state index in [1.54, 1.807) is 6.92 Å². The van der Waals surface area contributed by atoms with Gasteiger partial charge in [0.05, 0.1) is 0 Å². The molecule has 1 unspecified atom stereocenters. The Kier molecular flexibility index (Phi) is 4.60. The van der Waals surface area contributed by atoms with E-state index in [2.05, 4.69) is 4.72 Å². The zero-order valence-electron chi connectivity index (χ0n) is 11.1. The molecule has 0 aliphatic heterocycles. The van der Waals surface area contributed by atoms with Crippen LogP contribution in [0.2, 0.25) is 0 Å². The Morgan fingerprint density at radius 2 is 2.10 bits per heavy atom. The first-order valence-corrected chi connectivity index (χ1v) is 8.45. The Labute approximate surface area is 125 Å². The number of hydrogen-bond donors (Lipinski definition) is 2. The molecule has 1 atom stereocenters. The van der Waals surface area contributed by atoms with Crippen LogP contribution in [0.15, 0.2) is 34.5 Å². The molecule has 21 heavy (non-hydrogen) atoms. The van der Waals surface area contributed by atoms with E-state index in [-0.39, 0.29) is 5.69 Å². The number of benzene rings is 1. The molecule has 8 heteroatoms. The Bertz CT molecular complexity index is 731. The second-order valence-electron chi connectivity index (χ2n) is 4.62. The molecule has 0 aliphatic carbocycles. The van der Waals surface area contributed by atoms with Crippen LogP contribution in [0.25, 0.3) is 0 Å². The van der Waals surface area contributed by atoms with Gasteiger partial charge in [-0.1, -0.05) is 6.07 Å². The van der Waals surface area contributed by atoms with Gasteiger partial charge in [0.15, 0.2) is 11.6 Å². The van der Waals surface area contributed by atoms with Crippen LogP contribution in [0, 0.1) is 11.6 Å². The van der Waals surface area contributed by atoms with Crippen LogP contribution < -0.4 is 10.5 Å². The molecule has 1 aromatic heterocycles. The molecular formula is C13H14F2N2O2S2. The average Bonchev–Trinajstić information content (AvgIpc) is 2.85. The minimum atomic E-state index is -4.18. The summed E-state index contributed by atoms with van der Waals surface area (Å²) in [6.07, 6.45) is 0.462. The number of rotatable bonds is 5. The Hall–Kier alpha value is -1.51. The number of sulfonamides is 1. The number of nitrogens with one attached hydrogen (secondary N) is 1. The lowest BCUT2D eigenvalue weighted by molar-refractivity contribution is 0.482. The van der Waals surface area contributed by atoms with Crippen molar-refractivity contribution >= 4 is 27.0 Å². The summed E-state index contributed by atoms with van der Waals surface area (Å²) >= 11 is 1.49. The molecule has 114 valence electrons. The molecule has 0 radical (unpaired) electrons. The lowest BCUT2D eigenvalue weighted by Gasteiger charge is -2.14. The van der Waals surface area contributed by atoms with Crippen molar-refractivity contribution in [2.75, 3.05) is 5.73 Å². The van der Waals surface area contributed by atoms with Gasteiger partial charge in [-0.25, -0.2) is 21.9 Å². The molecule has 2 rings (SSSR count). The number of nitrogen functional groups attached to an aromatic ring is 1. The predicted octanol–water partition coefficient (Wildman–Crippen LogP) is 2.52. The third kappa shape index (κ3) is 3.78. The van der Waals surface area contributed by atoms with Crippen molar-refractivity contribution in [1.29, 1.82) is 0 Å². The summed E-state index contributed by atoms with van der Waals surface area (Å²) < 4.78 is 53.5. The van der Waals surface area contributed by atoms with E-state index < -0.39 is 32.6 Å². The van der Waals surface area contributed by atoms with Gasteiger partial charge in [-0.05, 0) is 36.9 Å². The monoisotopic (exact) mass is 332 g/mol. The van der Waals surface area contributed by atoms with Gasteiger partial charge in [-0.15, -0.1) is 11.3 Å². The third-order valence-corrected chi connectivity index (χ3v) is 5.24. The fourth-order valence-corrected chi connectivity index (χ4v) is 4.08. The van der Waals surface area contributed by atoms with Crippen molar-refractivity contribution in [3.63, 3.8) is 0 Å². The average molecular weight is 332 g/mol.